The van der Waals surface area contributed by atoms with Crippen molar-refractivity contribution in [2.75, 3.05) is 13.1 Å². The lowest BCUT2D eigenvalue weighted by molar-refractivity contribution is 0.186. The smallest absolute Gasteiger partial charge is 0.109 e. The molecule has 1 aromatic heterocycles. The maximum absolute atomic E-state index is 4.31. The minimum Gasteiger partial charge on any atom is -0.326 e. The summed E-state index contributed by atoms with van der Waals surface area (Å²) in [4.78, 5) is 4.31. The van der Waals surface area contributed by atoms with Crippen molar-refractivity contribution in [3.8, 4) is 0 Å². The average Bonchev–Trinajstić information content (AvgIpc) is 2.38. The molecule has 0 aromatic carbocycles. The number of hydrogen-bond acceptors (Lipinski definition) is 2. The molecule has 0 bridgehead atoms. The summed E-state index contributed by atoms with van der Waals surface area (Å²) in [6.07, 6.45) is 6.47. The fourth-order valence-corrected chi connectivity index (χ4v) is 2.18. The van der Waals surface area contributed by atoms with Gasteiger partial charge < -0.3 is 9.88 Å². The zero-order valence-corrected chi connectivity index (χ0v) is 6.38. The van der Waals surface area contributed by atoms with Crippen LogP contribution in [-0.4, -0.2) is 22.6 Å². The molecule has 1 aromatic rings. The Morgan fingerprint density at radius 1 is 1.55 bits per heavy atom. The quantitative estimate of drug-likeness (QED) is 0.568. The van der Waals surface area contributed by atoms with Crippen molar-refractivity contribution < 1.29 is 0 Å². The van der Waals surface area contributed by atoms with Crippen molar-refractivity contribution in [3.05, 3.63) is 18.2 Å². The van der Waals surface area contributed by atoms with Gasteiger partial charge in [-0.15, -0.1) is 0 Å². The minimum absolute atomic E-state index is 0.422. The first-order valence-corrected chi connectivity index (χ1v) is 4.14. The number of aryl methyl sites for hydroxylation is 1. The maximum Gasteiger partial charge on any atom is 0.109 e. The molecule has 2 aliphatic rings. The van der Waals surface area contributed by atoms with Crippen LogP contribution in [0.1, 0.15) is 12.2 Å². The van der Waals surface area contributed by atoms with E-state index in [1.807, 2.05) is 6.20 Å². The fraction of sp³-hybridized carbons (Fsp3) is 0.625. The van der Waals surface area contributed by atoms with Crippen LogP contribution in [0.5, 0.6) is 0 Å². The molecular formula is C8H11N3. The zero-order valence-electron chi connectivity index (χ0n) is 6.38. The first-order valence-electron chi connectivity index (χ1n) is 4.14. The van der Waals surface area contributed by atoms with Gasteiger partial charge in [-0.05, 0) is 6.42 Å². The second-order valence-electron chi connectivity index (χ2n) is 3.54. The van der Waals surface area contributed by atoms with Crippen molar-refractivity contribution >= 4 is 0 Å². The molecule has 3 heterocycles. The van der Waals surface area contributed by atoms with E-state index >= 15 is 0 Å². The topological polar surface area (TPSA) is 29.9 Å². The summed E-state index contributed by atoms with van der Waals surface area (Å²) in [6.45, 7) is 2.27. The molecule has 0 saturated carbocycles. The summed E-state index contributed by atoms with van der Waals surface area (Å²) in [5, 5.41) is 3.33. The first kappa shape index (κ1) is 5.77. The van der Waals surface area contributed by atoms with E-state index in [2.05, 4.69) is 21.1 Å². The van der Waals surface area contributed by atoms with E-state index in [-0.39, 0.29) is 0 Å². The molecule has 1 spiro atoms. The monoisotopic (exact) mass is 149 g/mol. The predicted molar refractivity (Wildman–Crippen MR) is 41.4 cm³/mol. The molecule has 3 heteroatoms. The van der Waals surface area contributed by atoms with Gasteiger partial charge in [-0.25, -0.2) is 4.98 Å². The van der Waals surface area contributed by atoms with E-state index in [1.54, 1.807) is 0 Å². The van der Waals surface area contributed by atoms with Crippen LogP contribution in [0.3, 0.4) is 0 Å². The van der Waals surface area contributed by atoms with E-state index in [9.17, 15) is 0 Å². The van der Waals surface area contributed by atoms with E-state index in [0.29, 0.717) is 5.54 Å². The standard InChI is InChI=1S/C8H11N3/c1-2-8(5-9-6-8)11-4-3-10-7(1)11/h3-4,9H,1-2,5-6H2. The van der Waals surface area contributed by atoms with Crippen molar-refractivity contribution in [2.24, 2.45) is 0 Å². The number of nitrogens with one attached hydrogen (secondary N) is 1. The van der Waals surface area contributed by atoms with Gasteiger partial charge in [0.25, 0.3) is 0 Å². The van der Waals surface area contributed by atoms with Crippen LogP contribution < -0.4 is 5.32 Å². The molecule has 0 amide bonds. The van der Waals surface area contributed by atoms with Crippen LogP contribution in [0.4, 0.5) is 0 Å². The lowest BCUT2D eigenvalue weighted by Crippen LogP contribution is -2.58. The number of nitrogens with zero attached hydrogens (tertiary/aromatic N) is 2. The largest absolute Gasteiger partial charge is 0.326 e. The van der Waals surface area contributed by atoms with Crippen molar-refractivity contribution in [2.45, 2.75) is 18.4 Å². The summed E-state index contributed by atoms with van der Waals surface area (Å²) < 4.78 is 2.35. The Kier molecular flexibility index (Phi) is 0.874. The van der Waals surface area contributed by atoms with Crippen LogP contribution >= 0.6 is 0 Å². The Bertz CT molecular complexity index is 285. The van der Waals surface area contributed by atoms with Gasteiger partial charge in [0.2, 0.25) is 0 Å². The highest BCUT2D eigenvalue weighted by Crippen LogP contribution is 2.34. The molecule has 58 valence electrons. The molecule has 0 aliphatic carbocycles. The predicted octanol–water partition coefficient (Wildman–Crippen LogP) is 0.128. The molecule has 11 heavy (non-hydrogen) atoms. The highest BCUT2D eigenvalue weighted by atomic mass is 15.2. The van der Waals surface area contributed by atoms with Gasteiger partial charge in [0.15, 0.2) is 0 Å². The lowest BCUT2D eigenvalue weighted by Gasteiger charge is -2.40. The fourth-order valence-electron chi connectivity index (χ4n) is 2.18. The van der Waals surface area contributed by atoms with Gasteiger partial charge in [-0.3, -0.25) is 0 Å². The summed E-state index contributed by atoms with van der Waals surface area (Å²) in [5.41, 5.74) is 0.422. The van der Waals surface area contributed by atoms with E-state index in [1.165, 1.54) is 12.2 Å². The third-order valence-corrected chi connectivity index (χ3v) is 2.95. The molecule has 3 rings (SSSR count). The second-order valence-corrected chi connectivity index (χ2v) is 3.54. The average molecular weight is 149 g/mol. The Morgan fingerprint density at radius 3 is 3.18 bits per heavy atom. The molecule has 2 aliphatic heterocycles. The number of fused-ring (bicyclic) bond motifs is 2. The van der Waals surface area contributed by atoms with Gasteiger partial charge in [0, 0.05) is 31.9 Å². The second kappa shape index (κ2) is 1.67. The molecular weight excluding hydrogens is 138 g/mol. The Hall–Kier alpha value is -0.830. The highest BCUT2D eigenvalue weighted by Gasteiger charge is 2.43. The van der Waals surface area contributed by atoms with E-state index in [0.717, 1.165) is 19.5 Å². The minimum atomic E-state index is 0.422. The van der Waals surface area contributed by atoms with Gasteiger partial charge in [0.1, 0.15) is 5.82 Å². The summed E-state index contributed by atoms with van der Waals surface area (Å²) in [5.74, 6) is 1.27. The van der Waals surface area contributed by atoms with Crippen LogP contribution in [0.15, 0.2) is 12.4 Å². The lowest BCUT2D eigenvalue weighted by atomic mass is 9.90. The van der Waals surface area contributed by atoms with Crippen LogP contribution in [-0.2, 0) is 12.0 Å². The molecule has 0 atom stereocenters. The summed E-state index contributed by atoms with van der Waals surface area (Å²) in [6, 6.07) is 0. The third kappa shape index (κ3) is 0.554. The van der Waals surface area contributed by atoms with E-state index in [4.69, 9.17) is 0 Å². The van der Waals surface area contributed by atoms with Crippen LogP contribution in [0.2, 0.25) is 0 Å². The van der Waals surface area contributed by atoms with Gasteiger partial charge in [0.05, 0.1) is 5.54 Å². The van der Waals surface area contributed by atoms with Gasteiger partial charge in [-0.1, -0.05) is 0 Å². The first-order chi connectivity index (χ1) is 5.41. The third-order valence-electron chi connectivity index (χ3n) is 2.95. The summed E-state index contributed by atoms with van der Waals surface area (Å²) >= 11 is 0. The van der Waals surface area contributed by atoms with Crippen molar-refractivity contribution in [3.63, 3.8) is 0 Å². The molecule has 1 saturated heterocycles. The Balaban J connectivity index is 2.12. The van der Waals surface area contributed by atoms with Crippen LogP contribution in [0.25, 0.3) is 0 Å². The SMILES string of the molecule is c1cn2c(n1)CCC21CNC1. The molecule has 0 unspecified atom stereocenters. The number of hydrogen-bond donors (Lipinski definition) is 1. The number of imidazole rings is 1. The van der Waals surface area contributed by atoms with Gasteiger partial charge in [-0.2, -0.15) is 0 Å². The Morgan fingerprint density at radius 2 is 2.45 bits per heavy atom. The molecule has 3 nitrogen and oxygen atoms in total. The molecule has 0 radical (unpaired) electrons. The molecule has 1 fully saturated rings. The highest BCUT2D eigenvalue weighted by molar-refractivity contribution is 5.13. The molecule has 1 N–H and O–H groups in total. The number of aromatic nitrogens is 2. The van der Waals surface area contributed by atoms with E-state index < -0.39 is 0 Å². The number of rotatable bonds is 0. The maximum atomic E-state index is 4.31. The zero-order chi connectivity index (χ0) is 7.31. The Labute approximate surface area is 65.4 Å². The van der Waals surface area contributed by atoms with Crippen molar-refractivity contribution in [1.29, 1.82) is 0 Å². The van der Waals surface area contributed by atoms with Gasteiger partial charge >= 0.3 is 0 Å². The van der Waals surface area contributed by atoms with Crippen LogP contribution in [0, 0.1) is 0 Å². The normalized spacial score (nSPS) is 25.1. The summed E-state index contributed by atoms with van der Waals surface area (Å²) in [7, 11) is 0. The van der Waals surface area contributed by atoms with Crippen molar-refractivity contribution in [1.82, 2.24) is 14.9 Å².